The molecule has 1 aromatic carbocycles. The Labute approximate surface area is 95.7 Å². The van der Waals surface area contributed by atoms with E-state index >= 15 is 0 Å². The third-order valence-electron chi connectivity index (χ3n) is 3.05. The lowest BCUT2D eigenvalue weighted by atomic mass is 9.96. The highest BCUT2D eigenvalue weighted by Crippen LogP contribution is 2.39. The van der Waals surface area contributed by atoms with Crippen molar-refractivity contribution in [2.45, 2.75) is 18.9 Å². The van der Waals surface area contributed by atoms with E-state index in [2.05, 4.69) is 5.32 Å². The number of anilines is 1. The Morgan fingerprint density at radius 2 is 2.00 bits per heavy atom. The molecule has 1 aliphatic heterocycles. The number of benzene rings is 1. The summed E-state index contributed by atoms with van der Waals surface area (Å²) in [5.41, 5.74) is 7.91. The first-order valence-corrected chi connectivity index (χ1v) is 5.50. The molecule has 0 amide bonds. The van der Waals surface area contributed by atoms with Gasteiger partial charge in [0.25, 0.3) is 0 Å². The number of methoxy groups -OCH3 is 2. The van der Waals surface area contributed by atoms with Gasteiger partial charge in [0.2, 0.25) is 0 Å². The lowest BCUT2D eigenvalue weighted by Crippen LogP contribution is -2.33. The van der Waals surface area contributed by atoms with Gasteiger partial charge in [-0.15, -0.1) is 0 Å². The van der Waals surface area contributed by atoms with Crippen LogP contribution in [-0.2, 0) is 6.42 Å². The van der Waals surface area contributed by atoms with Gasteiger partial charge in [-0.2, -0.15) is 0 Å². The van der Waals surface area contributed by atoms with Gasteiger partial charge in [0, 0.05) is 18.2 Å². The minimum atomic E-state index is 0.327. The Morgan fingerprint density at radius 3 is 2.62 bits per heavy atom. The van der Waals surface area contributed by atoms with Crippen LogP contribution in [0.5, 0.6) is 11.5 Å². The highest BCUT2D eigenvalue weighted by Gasteiger charge is 2.22. The smallest absolute Gasteiger partial charge is 0.142 e. The van der Waals surface area contributed by atoms with Crippen molar-refractivity contribution in [1.29, 1.82) is 0 Å². The number of hydrogen-bond donors (Lipinski definition) is 2. The van der Waals surface area contributed by atoms with Crippen LogP contribution < -0.4 is 20.5 Å². The third-order valence-corrected chi connectivity index (χ3v) is 3.05. The summed E-state index contributed by atoms with van der Waals surface area (Å²) >= 11 is 0. The minimum Gasteiger partial charge on any atom is -0.496 e. The maximum atomic E-state index is 5.69. The van der Waals surface area contributed by atoms with Gasteiger partial charge in [0.15, 0.2) is 0 Å². The topological polar surface area (TPSA) is 56.5 Å². The molecule has 4 nitrogen and oxygen atoms in total. The standard InChI is InChI=1S/C12H18N2O2/c1-15-10-5-6-11(16-2)12-9(10)4-3-8(7-13)14-12/h5-6,8,14H,3-4,7,13H2,1-2H3. The van der Waals surface area contributed by atoms with Crippen LogP contribution in [-0.4, -0.2) is 26.8 Å². The van der Waals surface area contributed by atoms with Crippen LogP contribution >= 0.6 is 0 Å². The number of fused-ring (bicyclic) bond motifs is 1. The Hall–Kier alpha value is -1.42. The number of nitrogens with one attached hydrogen (secondary N) is 1. The van der Waals surface area contributed by atoms with Gasteiger partial charge in [0.1, 0.15) is 11.5 Å². The molecule has 0 saturated carbocycles. The fraction of sp³-hybridized carbons (Fsp3) is 0.500. The van der Waals surface area contributed by atoms with Crippen molar-refractivity contribution in [3.8, 4) is 11.5 Å². The molecule has 1 unspecified atom stereocenters. The van der Waals surface area contributed by atoms with E-state index in [9.17, 15) is 0 Å². The van der Waals surface area contributed by atoms with Crippen molar-refractivity contribution in [2.24, 2.45) is 5.73 Å². The van der Waals surface area contributed by atoms with E-state index in [-0.39, 0.29) is 0 Å². The van der Waals surface area contributed by atoms with E-state index in [0.29, 0.717) is 12.6 Å². The summed E-state index contributed by atoms with van der Waals surface area (Å²) in [7, 11) is 3.37. The van der Waals surface area contributed by atoms with Crippen LogP contribution in [0.25, 0.3) is 0 Å². The van der Waals surface area contributed by atoms with Crippen LogP contribution in [0.3, 0.4) is 0 Å². The molecule has 3 N–H and O–H groups in total. The van der Waals surface area contributed by atoms with Crippen LogP contribution in [0.1, 0.15) is 12.0 Å². The van der Waals surface area contributed by atoms with Crippen molar-refractivity contribution in [2.75, 3.05) is 26.1 Å². The predicted octanol–water partition coefficient (Wildman–Crippen LogP) is 1.39. The average molecular weight is 222 g/mol. The second kappa shape index (κ2) is 4.61. The van der Waals surface area contributed by atoms with E-state index < -0.39 is 0 Å². The van der Waals surface area contributed by atoms with Crippen molar-refractivity contribution in [3.63, 3.8) is 0 Å². The molecule has 1 aromatic rings. The molecule has 0 spiro atoms. The highest BCUT2D eigenvalue weighted by atomic mass is 16.5. The summed E-state index contributed by atoms with van der Waals surface area (Å²) in [6.45, 7) is 0.639. The molecule has 0 radical (unpaired) electrons. The summed E-state index contributed by atoms with van der Waals surface area (Å²) in [5.74, 6) is 1.77. The zero-order valence-corrected chi connectivity index (χ0v) is 9.75. The molecule has 0 aromatic heterocycles. The Morgan fingerprint density at radius 1 is 1.31 bits per heavy atom. The van der Waals surface area contributed by atoms with Crippen LogP contribution in [0.15, 0.2) is 12.1 Å². The van der Waals surface area contributed by atoms with Crippen LogP contribution in [0.2, 0.25) is 0 Å². The molecule has 1 aliphatic rings. The fourth-order valence-electron chi connectivity index (χ4n) is 2.15. The van der Waals surface area contributed by atoms with Crippen molar-refractivity contribution in [3.05, 3.63) is 17.7 Å². The first-order chi connectivity index (χ1) is 7.80. The van der Waals surface area contributed by atoms with Gasteiger partial charge in [-0.3, -0.25) is 0 Å². The predicted molar refractivity (Wildman–Crippen MR) is 64.3 cm³/mol. The maximum absolute atomic E-state index is 5.69. The Balaban J connectivity index is 2.42. The first-order valence-electron chi connectivity index (χ1n) is 5.50. The molecule has 2 rings (SSSR count). The minimum absolute atomic E-state index is 0.327. The quantitative estimate of drug-likeness (QED) is 0.811. The van der Waals surface area contributed by atoms with E-state index in [0.717, 1.165) is 30.0 Å². The highest BCUT2D eigenvalue weighted by molar-refractivity contribution is 5.68. The van der Waals surface area contributed by atoms with Crippen LogP contribution in [0, 0.1) is 0 Å². The molecule has 1 atom stereocenters. The summed E-state index contributed by atoms with van der Waals surface area (Å²) < 4.78 is 10.7. The van der Waals surface area contributed by atoms with Gasteiger partial charge in [-0.25, -0.2) is 0 Å². The van der Waals surface area contributed by atoms with Crippen molar-refractivity contribution < 1.29 is 9.47 Å². The molecule has 88 valence electrons. The SMILES string of the molecule is COc1ccc(OC)c2c1CCC(CN)N2. The molecule has 0 saturated heterocycles. The molecule has 16 heavy (non-hydrogen) atoms. The lowest BCUT2D eigenvalue weighted by molar-refractivity contribution is 0.396. The average Bonchev–Trinajstić information content (AvgIpc) is 2.36. The van der Waals surface area contributed by atoms with Gasteiger partial charge in [-0.05, 0) is 25.0 Å². The second-order valence-electron chi connectivity index (χ2n) is 3.94. The molecule has 0 bridgehead atoms. The van der Waals surface area contributed by atoms with Gasteiger partial charge >= 0.3 is 0 Å². The third kappa shape index (κ3) is 1.80. The lowest BCUT2D eigenvalue weighted by Gasteiger charge is -2.28. The van der Waals surface area contributed by atoms with Crippen molar-refractivity contribution >= 4 is 5.69 Å². The van der Waals surface area contributed by atoms with Gasteiger partial charge < -0.3 is 20.5 Å². The first kappa shape index (κ1) is 11.1. The van der Waals surface area contributed by atoms with E-state index in [1.807, 2.05) is 12.1 Å². The summed E-state index contributed by atoms with van der Waals surface area (Å²) in [4.78, 5) is 0. The maximum Gasteiger partial charge on any atom is 0.142 e. The van der Waals surface area contributed by atoms with E-state index in [4.69, 9.17) is 15.2 Å². The fourth-order valence-corrected chi connectivity index (χ4v) is 2.15. The zero-order valence-electron chi connectivity index (χ0n) is 9.75. The summed E-state index contributed by atoms with van der Waals surface area (Å²) in [6, 6.07) is 4.19. The second-order valence-corrected chi connectivity index (χ2v) is 3.94. The number of ether oxygens (including phenoxy) is 2. The monoisotopic (exact) mass is 222 g/mol. The molecule has 0 fully saturated rings. The Kier molecular flexibility index (Phi) is 3.19. The summed E-state index contributed by atoms with van der Waals surface area (Å²) in [6.07, 6.45) is 2.01. The normalized spacial score (nSPS) is 18.6. The van der Waals surface area contributed by atoms with E-state index in [1.165, 1.54) is 5.56 Å². The van der Waals surface area contributed by atoms with Gasteiger partial charge in [0.05, 0.1) is 19.9 Å². The largest absolute Gasteiger partial charge is 0.496 e. The van der Waals surface area contributed by atoms with E-state index in [1.54, 1.807) is 14.2 Å². The Bertz CT molecular complexity index is 380. The molecular formula is C12H18N2O2. The molecule has 0 aliphatic carbocycles. The van der Waals surface area contributed by atoms with Crippen molar-refractivity contribution in [1.82, 2.24) is 0 Å². The number of nitrogens with two attached hydrogens (primary N) is 1. The molecule has 1 heterocycles. The molecular weight excluding hydrogens is 204 g/mol. The summed E-state index contributed by atoms with van der Waals surface area (Å²) in [5, 5.41) is 3.41. The molecule has 4 heteroatoms. The van der Waals surface area contributed by atoms with Crippen LogP contribution in [0.4, 0.5) is 5.69 Å². The number of hydrogen-bond acceptors (Lipinski definition) is 4. The number of rotatable bonds is 3. The zero-order chi connectivity index (χ0) is 11.5. The van der Waals surface area contributed by atoms with Gasteiger partial charge in [-0.1, -0.05) is 0 Å².